The first kappa shape index (κ1) is 12.6. The number of nitrogens with zero attached hydrogens (tertiary/aromatic N) is 2. The monoisotopic (exact) mass is 270 g/mol. The van der Waals surface area contributed by atoms with Gasteiger partial charge in [-0.1, -0.05) is 18.2 Å². The fourth-order valence-electron chi connectivity index (χ4n) is 2.37. The molecule has 1 aliphatic rings. The van der Waals surface area contributed by atoms with Gasteiger partial charge in [0.1, 0.15) is 5.82 Å². The number of para-hydroxylation sites is 1. The molecule has 0 unspecified atom stereocenters. The fraction of sp³-hybridized carbons (Fsp3) is 0.214. The van der Waals surface area contributed by atoms with E-state index in [1.807, 2.05) is 30.3 Å². The Kier molecular flexibility index (Phi) is 3.08. The number of fused-ring (bicyclic) bond motifs is 1. The number of anilines is 1. The van der Waals surface area contributed by atoms with E-state index < -0.39 is 0 Å². The number of nitrogen functional groups attached to an aromatic ring is 1. The summed E-state index contributed by atoms with van der Waals surface area (Å²) in [5.74, 6) is 5.67. The molecule has 1 aliphatic heterocycles. The molecule has 0 saturated carbocycles. The highest BCUT2D eigenvalue weighted by Crippen LogP contribution is 2.23. The van der Waals surface area contributed by atoms with Crippen LogP contribution in [0.4, 0.5) is 5.82 Å². The smallest absolute Gasteiger partial charge is 0.230 e. The normalized spacial score (nSPS) is 15.2. The first-order valence-corrected chi connectivity index (χ1v) is 6.37. The van der Waals surface area contributed by atoms with Gasteiger partial charge in [-0.15, -0.1) is 0 Å². The quantitative estimate of drug-likeness (QED) is 0.496. The minimum absolute atomic E-state index is 0.147. The second-order valence-electron chi connectivity index (χ2n) is 4.71. The molecule has 102 valence electrons. The molecule has 0 atom stereocenters. The lowest BCUT2D eigenvalue weighted by Gasteiger charge is -2.16. The molecule has 6 heteroatoms. The van der Waals surface area contributed by atoms with Gasteiger partial charge >= 0.3 is 0 Å². The number of aromatic nitrogens is 1. The molecule has 0 aliphatic carbocycles. The van der Waals surface area contributed by atoms with E-state index in [0.29, 0.717) is 5.82 Å². The van der Waals surface area contributed by atoms with Crippen LogP contribution in [0.1, 0.15) is 18.4 Å². The molecule has 20 heavy (non-hydrogen) atoms. The number of hydrogen-bond acceptors (Lipinski definition) is 5. The number of carbonyl (C=O) groups is 2. The molecular formula is C14H14N4O2. The summed E-state index contributed by atoms with van der Waals surface area (Å²) < 4.78 is 0. The number of hydrogen-bond donors (Lipinski definition) is 2. The van der Waals surface area contributed by atoms with Crippen molar-refractivity contribution < 1.29 is 9.59 Å². The summed E-state index contributed by atoms with van der Waals surface area (Å²) in [6.07, 6.45) is 0.566. The van der Waals surface area contributed by atoms with Crippen LogP contribution in [-0.4, -0.2) is 21.7 Å². The van der Waals surface area contributed by atoms with Gasteiger partial charge in [0.05, 0.1) is 12.1 Å². The van der Waals surface area contributed by atoms with Crippen LogP contribution in [0, 0.1) is 0 Å². The number of pyridine rings is 1. The highest BCUT2D eigenvalue weighted by molar-refractivity contribution is 6.02. The Morgan fingerprint density at radius 1 is 1.20 bits per heavy atom. The van der Waals surface area contributed by atoms with Crippen molar-refractivity contribution in [2.45, 2.75) is 19.4 Å². The van der Waals surface area contributed by atoms with E-state index in [9.17, 15) is 9.59 Å². The molecule has 0 bridgehead atoms. The third kappa shape index (κ3) is 2.10. The molecule has 3 rings (SSSR count). The number of nitrogens with two attached hydrogens (primary N) is 1. The van der Waals surface area contributed by atoms with Gasteiger partial charge < -0.3 is 5.43 Å². The van der Waals surface area contributed by atoms with E-state index in [0.717, 1.165) is 16.5 Å². The molecule has 1 saturated heterocycles. The maximum atomic E-state index is 11.7. The maximum Gasteiger partial charge on any atom is 0.230 e. The minimum Gasteiger partial charge on any atom is -0.308 e. The van der Waals surface area contributed by atoms with Crippen molar-refractivity contribution in [3.8, 4) is 0 Å². The van der Waals surface area contributed by atoms with E-state index in [2.05, 4.69) is 10.4 Å². The zero-order chi connectivity index (χ0) is 14.1. The summed E-state index contributed by atoms with van der Waals surface area (Å²) >= 11 is 0. The van der Waals surface area contributed by atoms with Crippen LogP contribution in [0.3, 0.4) is 0 Å². The SMILES string of the molecule is NNc1nc2ccccc2cc1CN1C(=O)CCC1=O. The lowest BCUT2D eigenvalue weighted by Crippen LogP contribution is -2.29. The second-order valence-corrected chi connectivity index (χ2v) is 4.71. The Balaban J connectivity index is 2.01. The van der Waals surface area contributed by atoms with Crippen molar-refractivity contribution in [1.82, 2.24) is 9.88 Å². The van der Waals surface area contributed by atoms with Crippen LogP contribution >= 0.6 is 0 Å². The first-order valence-electron chi connectivity index (χ1n) is 6.37. The molecule has 2 aromatic rings. The van der Waals surface area contributed by atoms with Crippen LogP contribution in [0.25, 0.3) is 10.9 Å². The number of benzene rings is 1. The van der Waals surface area contributed by atoms with Crippen molar-refractivity contribution in [1.29, 1.82) is 0 Å². The third-order valence-corrected chi connectivity index (χ3v) is 3.42. The van der Waals surface area contributed by atoms with Crippen molar-refractivity contribution in [3.05, 3.63) is 35.9 Å². The van der Waals surface area contributed by atoms with Gasteiger partial charge in [-0.25, -0.2) is 10.8 Å². The standard InChI is InChI=1S/C14H14N4O2/c15-17-14-10(8-18-12(19)5-6-13(18)20)7-9-3-1-2-4-11(9)16-14/h1-4,7H,5-6,8,15H2,(H,16,17). The fourth-order valence-corrected chi connectivity index (χ4v) is 2.37. The van der Waals surface area contributed by atoms with Crippen molar-refractivity contribution in [3.63, 3.8) is 0 Å². The number of rotatable bonds is 3. The molecule has 2 heterocycles. The van der Waals surface area contributed by atoms with E-state index >= 15 is 0 Å². The van der Waals surface area contributed by atoms with E-state index in [1.165, 1.54) is 4.90 Å². The van der Waals surface area contributed by atoms with E-state index in [1.54, 1.807) is 0 Å². The zero-order valence-corrected chi connectivity index (χ0v) is 10.8. The van der Waals surface area contributed by atoms with Crippen molar-refractivity contribution in [2.75, 3.05) is 5.43 Å². The van der Waals surface area contributed by atoms with Crippen molar-refractivity contribution in [2.24, 2.45) is 5.84 Å². The molecule has 1 aromatic heterocycles. The highest BCUT2D eigenvalue weighted by atomic mass is 16.2. The number of amides is 2. The molecule has 1 aromatic carbocycles. The van der Waals surface area contributed by atoms with Gasteiger partial charge in [-0.05, 0) is 12.1 Å². The molecule has 1 fully saturated rings. The topological polar surface area (TPSA) is 88.3 Å². The van der Waals surface area contributed by atoms with Crippen LogP contribution in [-0.2, 0) is 16.1 Å². The summed E-state index contributed by atoms with van der Waals surface area (Å²) in [5, 5.41) is 0.945. The third-order valence-electron chi connectivity index (χ3n) is 3.42. The summed E-state index contributed by atoms with van der Waals surface area (Å²) in [6, 6.07) is 9.51. The predicted octanol–water partition coefficient (Wildman–Crippen LogP) is 1.17. The van der Waals surface area contributed by atoms with Gasteiger partial charge in [0.25, 0.3) is 0 Å². The summed E-state index contributed by atoms with van der Waals surface area (Å²) in [4.78, 5) is 29.0. The van der Waals surface area contributed by atoms with Crippen LogP contribution in [0.2, 0.25) is 0 Å². The first-order chi connectivity index (χ1) is 9.69. The van der Waals surface area contributed by atoms with Gasteiger partial charge in [-0.3, -0.25) is 14.5 Å². The number of nitrogens with one attached hydrogen (secondary N) is 1. The highest BCUT2D eigenvalue weighted by Gasteiger charge is 2.29. The van der Waals surface area contributed by atoms with Gasteiger partial charge in [-0.2, -0.15) is 0 Å². The molecule has 3 N–H and O–H groups in total. The summed E-state index contributed by atoms with van der Waals surface area (Å²) in [5.41, 5.74) is 4.07. The Morgan fingerprint density at radius 3 is 2.60 bits per heavy atom. The molecule has 0 spiro atoms. The Bertz CT molecular complexity index is 683. The molecular weight excluding hydrogens is 256 g/mol. The Morgan fingerprint density at radius 2 is 1.90 bits per heavy atom. The average Bonchev–Trinajstić information content (AvgIpc) is 2.78. The molecule has 2 amide bonds. The number of hydrazine groups is 1. The maximum absolute atomic E-state index is 11.7. The van der Waals surface area contributed by atoms with Gasteiger partial charge in [0.15, 0.2) is 0 Å². The van der Waals surface area contributed by atoms with Gasteiger partial charge in [0, 0.05) is 23.8 Å². The number of likely N-dealkylation sites (tertiary alicyclic amines) is 1. The zero-order valence-electron chi connectivity index (χ0n) is 10.8. The van der Waals surface area contributed by atoms with E-state index in [4.69, 9.17) is 5.84 Å². The lowest BCUT2D eigenvalue weighted by atomic mass is 10.1. The van der Waals surface area contributed by atoms with E-state index in [-0.39, 0.29) is 31.2 Å². The predicted molar refractivity (Wildman–Crippen MR) is 74.3 cm³/mol. The van der Waals surface area contributed by atoms with Gasteiger partial charge in [0.2, 0.25) is 11.8 Å². The van der Waals surface area contributed by atoms with Crippen LogP contribution in [0.15, 0.2) is 30.3 Å². The summed E-state index contributed by atoms with van der Waals surface area (Å²) in [7, 11) is 0. The average molecular weight is 270 g/mol. The lowest BCUT2D eigenvalue weighted by molar-refractivity contribution is -0.139. The minimum atomic E-state index is -0.147. The Hall–Kier alpha value is -2.47. The van der Waals surface area contributed by atoms with Crippen molar-refractivity contribution >= 4 is 28.5 Å². The van der Waals surface area contributed by atoms with Crippen LogP contribution in [0.5, 0.6) is 0 Å². The summed E-state index contributed by atoms with van der Waals surface area (Å²) in [6.45, 7) is 0.203. The second kappa shape index (κ2) is 4.90. The van der Waals surface area contributed by atoms with Crippen LogP contribution < -0.4 is 11.3 Å². The molecule has 0 radical (unpaired) electrons. The Labute approximate surface area is 115 Å². The molecule has 6 nitrogen and oxygen atoms in total. The largest absolute Gasteiger partial charge is 0.308 e. The number of carbonyl (C=O) groups excluding carboxylic acids is 2. The number of imide groups is 1.